The fourth-order valence-corrected chi connectivity index (χ4v) is 2.31. The zero-order valence-corrected chi connectivity index (χ0v) is 11.7. The molecule has 0 radical (unpaired) electrons. The molecule has 8 nitrogen and oxygen atoms in total. The van der Waals surface area contributed by atoms with Gasteiger partial charge in [0.05, 0.1) is 13.1 Å². The van der Waals surface area contributed by atoms with Crippen LogP contribution in [0.5, 0.6) is 0 Å². The number of hydrogen-bond acceptors (Lipinski definition) is 6. The van der Waals surface area contributed by atoms with Crippen LogP contribution in [-0.2, 0) is 16.0 Å². The third-order valence-corrected chi connectivity index (χ3v) is 3.69. The Morgan fingerprint density at radius 3 is 2.81 bits per heavy atom. The lowest BCUT2D eigenvalue weighted by Gasteiger charge is -2.38. The first-order valence-electron chi connectivity index (χ1n) is 7.18. The molecule has 1 aliphatic carbocycles. The number of likely N-dealkylation sites (tertiary alicyclic amines) is 1. The Hall–Kier alpha value is -2.12. The van der Waals surface area contributed by atoms with Crippen molar-refractivity contribution in [2.75, 3.05) is 13.1 Å². The SMILES string of the molecule is NC(=O)OC1CN(C(=O)CCCc2nc(C3CC3)no2)C1. The van der Waals surface area contributed by atoms with Crippen molar-refractivity contribution in [3.05, 3.63) is 11.7 Å². The van der Waals surface area contributed by atoms with Crippen LogP contribution in [0.25, 0.3) is 0 Å². The van der Waals surface area contributed by atoms with Gasteiger partial charge in [-0.25, -0.2) is 4.79 Å². The first-order chi connectivity index (χ1) is 10.1. The third kappa shape index (κ3) is 3.50. The first-order valence-corrected chi connectivity index (χ1v) is 7.18. The molecular formula is C13H18N4O4. The Morgan fingerprint density at radius 2 is 2.14 bits per heavy atom. The van der Waals surface area contributed by atoms with E-state index in [-0.39, 0.29) is 12.0 Å². The zero-order chi connectivity index (χ0) is 14.8. The molecule has 0 spiro atoms. The van der Waals surface area contributed by atoms with E-state index >= 15 is 0 Å². The van der Waals surface area contributed by atoms with E-state index in [1.54, 1.807) is 4.90 Å². The fraction of sp³-hybridized carbons (Fsp3) is 0.692. The number of aromatic nitrogens is 2. The number of hydrogen-bond donors (Lipinski definition) is 1. The number of nitrogens with zero attached hydrogens (tertiary/aromatic N) is 3. The summed E-state index contributed by atoms with van der Waals surface area (Å²) in [5.41, 5.74) is 4.91. The van der Waals surface area contributed by atoms with Gasteiger partial charge in [-0.3, -0.25) is 4.79 Å². The maximum absolute atomic E-state index is 11.9. The second kappa shape index (κ2) is 5.71. The van der Waals surface area contributed by atoms with Crippen LogP contribution < -0.4 is 5.73 Å². The zero-order valence-electron chi connectivity index (χ0n) is 11.7. The predicted molar refractivity (Wildman–Crippen MR) is 70.2 cm³/mol. The maximum atomic E-state index is 11.9. The summed E-state index contributed by atoms with van der Waals surface area (Å²) in [7, 11) is 0. The molecule has 3 rings (SSSR count). The minimum Gasteiger partial charge on any atom is -0.443 e. The largest absolute Gasteiger partial charge is 0.443 e. The van der Waals surface area contributed by atoms with Crippen LogP contribution in [0.3, 0.4) is 0 Å². The lowest BCUT2D eigenvalue weighted by Crippen LogP contribution is -2.55. The predicted octanol–water partition coefficient (Wildman–Crippen LogP) is 0.576. The van der Waals surface area contributed by atoms with Gasteiger partial charge < -0.3 is 19.9 Å². The van der Waals surface area contributed by atoms with E-state index in [4.69, 9.17) is 15.0 Å². The summed E-state index contributed by atoms with van der Waals surface area (Å²) in [5, 5.41) is 3.93. The van der Waals surface area contributed by atoms with E-state index in [2.05, 4.69) is 10.1 Å². The van der Waals surface area contributed by atoms with E-state index in [1.165, 1.54) is 0 Å². The number of primary amides is 1. The number of rotatable bonds is 6. The van der Waals surface area contributed by atoms with Crippen molar-refractivity contribution >= 4 is 12.0 Å². The molecule has 2 amide bonds. The van der Waals surface area contributed by atoms with Crippen LogP contribution in [-0.4, -0.2) is 46.2 Å². The molecule has 2 heterocycles. The van der Waals surface area contributed by atoms with Crippen molar-refractivity contribution < 1.29 is 18.8 Å². The highest BCUT2D eigenvalue weighted by Gasteiger charge is 2.32. The van der Waals surface area contributed by atoms with Crippen LogP contribution in [0.1, 0.15) is 43.3 Å². The molecule has 1 aliphatic heterocycles. The van der Waals surface area contributed by atoms with Gasteiger partial charge in [0.2, 0.25) is 11.8 Å². The van der Waals surface area contributed by atoms with Gasteiger partial charge in [0, 0.05) is 18.8 Å². The van der Waals surface area contributed by atoms with Gasteiger partial charge in [-0.15, -0.1) is 0 Å². The summed E-state index contributed by atoms with van der Waals surface area (Å²) in [6.45, 7) is 0.850. The van der Waals surface area contributed by atoms with Crippen molar-refractivity contribution in [1.29, 1.82) is 0 Å². The standard InChI is InChI=1S/C13H18N4O4/c14-13(19)20-9-6-17(7-9)11(18)3-1-2-10-15-12(16-21-10)8-4-5-8/h8-9H,1-7H2,(H2,14,19). The van der Waals surface area contributed by atoms with E-state index < -0.39 is 6.09 Å². The number of carbonyl (C=O) groups is 2. The monoisotopic (exact) mass is 294 g/mol. The van der Waals surface area contributed by atoms with Crippen LogP contribution in [0.15, 0.2) is 4.52 Å². The number of aryl methyl sites for hydroxylation is 1. The number of amides is 2. The summed E-state index contributed by atoms with van der Waals surface area (Å²) >= 11 is 0. The van der Waals surface area contributed by atoms with Crippen LogP contribution in [0, 0.1) is 0 Å². The van der Waals surface area contributed by atoms with E-state index in [1.807, 2.05) is 0 Å². The quantitative estimate of drug-likeness (QED) is 0.821. The highest BCUT2D eigenvalue weighted by molar-refractivity contribution is 5.77. The van der Waals surface area contributed by atoms with Crippen molar-refractivity contribution in [3.8, 4) is 0 Å². The minimum atomic E-state index is -0.796. The molecule has 1 saturated carbocycles. The van der Waals surface area contributed by atoms with Gasteiger partial charge in [-0.2, -0.15) is 4.98 Å². The van der Waals surface area contributed by atoms with Crippen LogP contribution >= 0.6 is 0 Å². The molecule has 0 aromatic carbocycles. The van der Waals surface area contributed by atoms with Crippen molar-refractivity contribution in [2.45, 2.75) is 44.1 Å². The molecular weight excluding hydrogens is 276 g/mol. The minimum absolute atomic E-state index is 0.0428. The van der Waals surface area contributed by atoms with Gasteiger partial charge in [0.25, 0.3) is 0 Å². The number of nitrogens with two attached hydrogens (primary N) is 1. The third-order valence-electron chi connectivity index (χ3n) is 3.69. The Balaban J connectivity index is 1.33. The van der Waals surface area contributed by atoms with Crippen molar-refractivity contribution in [2.24, 2.45) is 5.73 Å². The molecule has 1 saturated heterocycles. The highest BCUT2D eigenvalue weighted by Crippen LogP contribution is 2.38. The topological polar surface area (TPSA) is 112 Å². The average Bonchev–Trinajstić information content (AvgIpc) is 3.13. The van der Waals surface area contributed by atoms with Gasteiger partial charge in [0.15, 0.2) is 5.82 Å². The molecule has 0 unspecified atom stereocenters. The lowest BCUT2D eigenvalue weighted by molar-refractivity contribution is -0.141. The molecule has 1 aromatic heterocycles. The summed E-state index contributed by atoms with van der Waals surface area (Å²) < 4.78 is 9.94. The molecule has 2 fully saturated rings. The van der Waals surface area contributed by atoms with Crippen LogP contribution in [0.4, 0.5) is 4.79 Å². The van der Waals surface area contributed by atoms with E-state index in [0.29, 0.717) is 44.2 Å². The molecule has 2 aliphatic rings. The first kappa shape index (κ1) is 13.8. The molecule has 8 heteroatoms. The number of carbonyl (C=O) groups excluding carboxylic acids is 2. The van der Waals surface area contributed by atoms with E-state index in [0.717, 1.165) is 18.7 Å². The normalized spacial score (nSPS) is 18.4. The van der Waals surface area contributed by atoms with Crippen LogP contribution in [0.2, 0.25) is 0 Å². The van der Waals surface area contributed by atoms with Gasteiger partial charge >= 0.3 is 6.09 Å². The van der Waals surface area contributed by atoms with Crippen molar-refractivity contribution in [3.63, 3.8) is 0 Å². The Labute approximate surface area is 121 Å². The van der Waals surface area contributed by atoms with Gasteiger partial charge in [-0.1, -0.05) is 5.16 Å². The molecule has 0 bridgehead atoms. The molecule has 2 N–H and O–H groups in total. The molecule has 21 heavy (non-hydrogen) atoms. The lowest BCUT2D eigenvalue weighted by atomic mass is 10.1. The molecule has 0 atom stereocenters. The summed E-state index contributed by atoms with van der Waals surface area (Å²) in [4.78, 5) is 28.4. The van der Waals surface area contributed by atoms with Crippen molar-refractivity contribution in [1.82, 2.24) is 15.0 Å². The molecule has 1 aromatic rings. The maximum Gasteiger partial charge on any atom is 0.404 e. The molecule has 114 valence electrons. The smallest absolute Gasteiger partial charge is 0.404 e. The van der Waals surface area contributed by atoms with Gasteiger partial charge in [0.1, 0.15) is 6.10 Å². The summed E-state index contributed by atoms with van der Waals surface area (Å²) in [6, 6.07) is 0. The second-order valence-electron chi connectivity index (χ2n) is 5.53. The van der Waals surface area contributed by atoms with E-state index in [9.17, 15) is 9.59 Å². The summed E-state index contributed by atoms with van der Waals surface area (Å²) in [6.07, 6.45) is 2.92. The van der Waals surface area contributed by atoms with Gasteiger partial charge in [-0.05, 0) is 19.3 Å². The second-order valence-corrected chi connectivity index (χ2v) is 5.53. The fourth-order valence-electron chi connectivity index (χ4n) is 2.31. The average molecular weight is 294 g/mol. The Kier molecular flexibility index (Phi) is 3.76. The highest BCUT2D eigenvalue weighted by atomic mass is 16.6. The summed E-state index contributed by atoms with van der Waals surface area (Å²) in [5.74, 6) is 1.92. The number of ether oxygens (including phenoxy) is 1. The Bertz CT molecular complexity index is 534. The Morgan fingerprint density at radius 1 is 1.38 bits per heavy atom.